The van der Waals surface area contributed by atoms with Crippen molar-refractivity contribution in [3.05, 3.63) is 34.4 Å². The van der Waals surface area contributed by atoms with Gasteiger partial charge in [0, 0.05) is 25.2 Å². The van der Waals surface area contributed by atoms with Crippen molar-refractivity contribution in [3.63, 3.8) is 0 Å². The first-order valence-electron chi connectivity index (χ1n) is 5.80. The third-order valence-corrected chi connectivity index (χ3v) is 5.05. The van der Waals surface area contributed by atoms with E-state index in [2.05, 4.69) is 0 Å². The van der Waals surface area contributed by atoms with Crippen LogP contribution in [0.1, 0.15) is 19.3 Å². The van der Waals surface area contributed by atoms with Gasteiger partial charge in [0.1, 0.15) is 9.92 Å². The van der Waals surface area contributed by atoms with E-state index in [1.165, 1.54) is 24.3 Å². The zero-order valence-corrected chi connectivity index (χ0v) is 10.7. The monoisotopic (exact) mass is 269 g/mol. The molecule has 1 saturated heterocycles. The maximum atomic E-state index is 12.4. The molecule has 0 radical (unpaired) electrons. The van der Waals surface area contributed by atoms with E-state index in [9.17, 15) is 14.3 Å². The highest BCUT2D eigenvalue weighted by atomic mass is 32.2. The number of piperidine rings is 1. The summed E-state index contributed by atoms with van der Waals surface area (Å²) >= 11 is 0. The number of nitrogens with zero attached hydrogens (tertiary/aromatic N) is 2. The van der Waals surface area contributed by atoms with Gasteiger partial charge in [-0.15, -0.1) is 0 Å². The number of benzene rings is 1. The molecule has 1 aromatic rings. The molecule has 1 aliphatic heterocycles. The maximum absolute atomic E-state index is 12.4. The van der Waals surface area contributed by atoms with Crippen molar-refractivity contribution in [2.24, 2.45) is 0 Å². The number of nitro groups is 1. The molecule has 0 unspecified atom stereocenters. The average molecular weight is 269 g/mol. The molecular weight excluding hydrogens is 254 g/mol. The molecule has 6 nitrogen and oxygen atoms in total. The average Bonchev–Trinajstić information content (AvgIpc) is 2.40. The highest BCUT2D eigenvalue weighted by molar-refractivity contribution is 7.90. The third-order valence-electron chi connectivity index (χ3n) is 3.05. The quantitative estimate of drug-likeness (QED) is 0.675. The number of nitrogens with one attached hydrogen (secondary N) is 1. The van der Waals surface area contributed by atoms with E-state index in [0.717, 1.165) is 19.3 Å². The lowest BCUT2D eigenvalue weighted by Crippen LogP contribution is -2.34. The number of hydrogen-bond acceptors (Lipinski definition) is 4. The van der Waals surface area contributed by atoms with E-state index in [-0.39, 0.29) is 5.69 Å². The Hall–Kier alpha value is -1.47. The fraction of sp³-hybridized carbons (Fsp3) is 0.455. The minimum atomic E-state index is -2.99. The first kappa shape index (κ1) is 13.0. The highest BCUT2D eigenvalue weighted by Gasteiger charge is 2.22. The molecule has 0 amide bonds. The van der Waals surface area contributed by atoms with E-state index in [4.69, 9.17) is 4.78 Å². The van der Waals surface area contributed by atoms with Crippen LogP contribution in [0.3, 0.4) is 0 Å². The number of hydrogen-bond donors (Lipinski definition) is 1. The lowest BCUT2D eigenvalue weighted by molar-refractivity contribution is -0.384. The van der Waals surface area contributed by atoms with Crippen LogP contribution in [0.4, 0.5) is 5.69 Å². The van der Waals surface area contributed by atoms with Crippen LogP contribution >= 0.6 is 0 Å². The molecule has 1 N–H and O–H groups in total. The van der Waals surface area contributed by atoms with E-state index in [1.807, 2.05) is 0 Å². The molecule has 1 aliphatic rings. The van der Waals surface area contributed by atoms with Crippen LogP contribution in [0.5, 0.6) is 0 Å². The molecule has 2 rings (SSSR count). The Kier molecular flexibility index (Phi) is 3.63. The fourth-order valence-electron chi connectivity index (χ4n) is 2.02. The maximum Gasteiger partial charge on any atom is 0.269 e. The molecule has 0 saturated carbocycles. The topological polar surface area (TPSA) is 87.3 Å². The van der Waals surface area contributed by atoms with Gasteiger partial charge < -0.3 is 0 Å². The second kappa shape index (κ2) is 5.03. The van der Waals surface area contributed by atoms with Gasteiger partial charge in [0.15, 0.2) is 0 Å². The van der Waals surface area contributed by atoms with Gasteiger partial charge in [-0.3, -0.25) is 10.1 Å². The van der Waals surface area contributed by atoms with Crippen LogP contribution in [0, 0.1) is 14.9 Å². The van der Waals surface area contributed by atoms with Crippen molar-refractivity contribution in [2.75, 3.05) is 13.1 Å². The molecule has 0 aliphatic carbocycles. The van der Waals surface area contributed by atoms with E-state index < -0.39 is 14.8 Å². The Morgan fingerprint density at radius 1 is 1.17 bits per heavy atom. The van der Waals surface area contributed by atoms with Crippen LogP contribution in [-0.4, -0.2) is 26.5 Å². The Morgan fingerprint density at radius 3 is 2.22 bits per heavy atom. The van der Waals surface area contributed by atoms with Gasteiger partial charge in [-0.05, 0) is 25.0 Å². The summed E-state index contributed by atoms with van der Waals surface area (Å²) in [6.07, 6.45) is 3.00. The Bertz CT molecular complexity index is 533. The number of non-ortho nitro benzene ring substituents is 1. The number of rotatable bonds is 3. The van der Waals surface area contributed by atoms with Crippen LogP contribution < -0.4 is 0 Å². The first-order chi connectivity index (χ1) is 8.51. The van der Waals surface area contributed by atoms with Gasteiger partial charge in [-0.1, -0.05) is 6.42 Å². The lowest BCUT2D eigenvalue weighted by atomic mass is 10.2. The SMILES string of the molecule is N=[S@](=O)(c1ccc([N+](=O)[O-])cc1)N1CCCCC1. The fourth-order valence-corrected chi connectivity index (χ4v) is 3.60. The minimum Gasteiger partial charge on any atom is -0.258 e. The van der Waals surface area contributed by atoms with Crippen molar-refractivity contribution >= 4 is 15.6 Å². The van der Waals surface area contributed by atoms with Gasteiger partial charge in [-0.25, -0.2) is 13.3 Å². The highest BCUT2D eigenvalue weighted by Crippen LogP contribution is 2.23. The summed E-state index contributed by atoms with van der Waals surface area (Å²) < 4.78 is 22.1. The van der Waals surface area contributed by atoms with Crippen LogP contribution in [-0.2, 0) is 9.92 Å². The van der Waals surface area contributed by atoms with Crippen molar-refractivity contribution in [1.29, 1.82) is 4.78 Å². The van der Waals surface area contributed by atoms with Gasteiger partial charge in [0.25, 0.3) is 5.69 Å². The van der Waals surface area contributed by atoms with Crippen LogP contribution in [0.25, 0.3) is 0 Å². The summed E-state index contributed by atoms with van der Waals surface area (Å²) in [6, 6.07) is 5.44. The van der Waals surface area contributed by atoms with Gasteiger partial charge in [0.2, 0.25) is 0 Å². The summed E-state index contributed by atoms with van der Waals surface area (Å²) in [5.74, 6) is 0. The molecule has 7 heteroatoms. The Labute approximate surface area is 106 Å². The largest absolute Gasteiger partial charge is 0.269 e. The van der Waals surface area contributed by atoms with Gasteiger partial charge in [0.05, 0.1) is 9.82 Å². The van der Waals surface area contributed by atoms with Crippen molar-refractivity contribution in [3.8, 4) is 0 Å². The summed E-state index contributed by atoms with van der Waals surface area (Å²) in [4.78, 5) is 10.4. The number of nitro benzene ring substituents is 1. The molecule has 18 heavy (non-hydrogen) atoms. The normalized spacial score (nSPS) is 20.2. The predicted molar refractivity (Wildman–Crippen MR) is 67.6 cm³/mol. The first-order valence-corrected chi connectivity index (χ1v) is 7.32. The minimum absolute atomic E-state index is 0.0485. The smallest absolute Gasteiger partial charge is 0.258 e. The van der Waals surface area contributed by atoms with E-state index in [1.54, 1.807) is 4.31 Å². The molecule has 1 aromatic carbocycles. The summed E-state index contributed by atoms with van der Waals surface area (Å²) in [5.41, 5.74) is -0.0485. The lowest BCUT2D eigenvalue weighted by Gasteiger charge is -2.28. The van der Waals surface area contributed by atoms with Crippen LogP contribution in [0.15, 0.2) is 29.2 Å². The van der Waals surface area contributed by atoms with Gasteiger partial charge in [-0.2, -0.15) is 0 Å². The van der Waals surface area contributed by atoms with E-state index >= 15 is 0 Å². The Morgan fingerprint density at radius 2 is 1.72 bits per heavy atom. The molecule has 98 valence electrons. The van der Waals surface area contributed by atoms with E-state index in [0.29, 0.717) is 18.0 Å². The molecule has 0 bridgehead atoms. The molecular formula is C11H15N3O3S. The second-order valence-corrected chi connectivity index (χ2v) is 6.31. The summed E-state index contributed by atoms with van der Waals surface area (Å²) in [5, 5.41) is 10.5. The van der Waals surface area contributed by atoms with Crippen molar-refractivity contribution < 1.29 is 9.13 Å². The van der Waals surface area contributed by atoms with Crippen molar-refractivity contribution in [2.45, 2.75) is 24.2 Å². The second-order valence-electron chi connectivity index (χ2n) is 4.27. The molecule has 0 spiro atoms. The summed E-state index contributed by atoms with van der Waals surface area (Å²) in [6.45, 7) is 1.30. The zero-order chi connectivity index (χ0) is 13.2. The standard InChI is InChI=1S/C11H15N3O3S/c12-18(17,13-8-2-1-3-9-13)11-6-4-10(5-7-11)14(15)16/h4-7,12H,1-3,8-9H2/t18-/m1/s1. The molecule has 1 heterocycles. The van der Waals surface area contributed by atoms with Crippen LogP contribution in [0.2, 0.25) is 0 Å². The molecule has 1 fully saturated rings. The molecule has 0 aromatic heterocycles. The predicted octanol–water partition coefficient (Wildman–Crippen LogP) is 2.40. The third kappa shape index (κ3) is 2.51. The Balaban J connectivity index is 2.26. The zero-order valence-electron chi connectivity index (χ0n) is 9.87. The summed E-state index contributed by atoms with van der Waals surface area (Å²) in [7, 11) is -2.99. The molecule has 1 atom stereocenters. The van der Waals surface area contributed by atoms with Crippen molar-refractivity contribution in [1.82, 2.24) is 4.31 Å². The van der Waals surface area contributed by atoms with Gasteiger partial charge >= 0.3 is 0 Å².